The molecule has 8 heteroatoms. The maximum atomic E-state index is 11.9. The largest absolute Gasteiger partial charge is 0.480 e. The highest BCUT2D eigenvalue weighted by molar-refractivity contribution is 7.17. The number of nitrogens with zero attached hydrogens (tertiary/aromatic N) is 1. The van der Waals surface area contributed by atoms with E-state index in [9.17, 15) is 19.7 Å². The predicted octanol–water partition coefficient (Wildman–Crippen LogP) is 1.89. The first-order chi connectivity index (χ1) is 8.62. The van der Waals surface area contributed by atoms with Crippen molar-refractivity contribution >= 4 is 28.2 Å². The first-order valence-corrected chi connectivity index (χ1v) is 6.22. The van der Waals surface area contributed by atoms with E-state index in [1.807, 2.05) is 0 Å². The molecule has 0 saturated carbocycles. The zero-order valence-electron chi connectivity index (χ0n) is 10.7. The molecule has 1 heterocycles. The summed E-state index contributed by atoms with van der Waals surface area (Å²) in [6.45, 7) is 5.05. The van der Waals surface area contributed by atoms with Crippen molar-refractivity contribution < 1.29 is 19.6 Å². The van der Waals surface area contributed by atoms with Crippen LogP contribution in [0.15, 0.2) is 12.1 Å². The van der Waals surface area contributed by atoms with Gasteiger partial charge in [-0.15, -0.1) is 0 Å². The molecular weight excluding hydrogens is 272 g/mol. The van der Waals surface area contributed by atoms with E-state index < -0.39 is 28.3 Å². The summed E-state index contributed by atoms with van der Waals surface area (Å²) in [5.74, 6) is -1.77. The van der Waals surface area contributed by atoms with Crippen LogP contribution < -0.4 is 5.32 Å². The fourth-order valence-corrected chi connectivity index (χ4v) is 2.12. The number of carbonyl (C=O) groups is 2. The molecule has 0 aliphatic carbocycles. The van der Waals surface area contributed by atoms with Crippen LogP contribution in [0, 0.1) is 15.5 Å². The van der Waals surface area contributed by atoms with Gasteiger partial charge in [-0.2, -0.15) is 0 Å². The highest BCUT2D eigenvalue weighted by Gasteiger charge is 2.33. The molecular formula is C11H14N2O5S. The fourth-order valence-electron chi connectivity index (χ4n) is 1.40. The molecule has 1 aromatic rings. The van der Waals surface area contributed by atoms with E-state index in [0.29, 0.717) is 11.3 Å². The quantitative estimate of drug-likeness (QED) is 0.648. The summed E-state index contributed by atoms with van der Waals surface area (Å²) in [4.78, 5) is 33.0. The van der Waals surface area contributed by atoms with Gasteiger partial charge in [-0.1, -0.05) is 32.1 Å². The molecule has 1 amide bonds. The summed E-state index contributed by atoms with van der Waals surface area (Å²) in [7, 11) is 0. The molecule has 1 rings (SSSR count). The summed E-state index contributed by atoms with van der Waals surface area (Å²) in [6.07, 6.45) is 0. The van der Waals surface area contributed by atoms with Crippen molar-refractivity contribution in [2.24, 2.45) is 5.41 Å². The summed E-state index contributed by atoms with van der Waals surface area (Å²) >= 11 is 0.709. The second-order valence-electron chi connectivity index (χ2n) is 5.01. The Morgan fingerprint density at radius 2 is 2.00 bits per heavy atom. The molecule has 0 fully saturated rings. The molecule has 0 bridgehead atoms. The number of thiophene rings is 1. The minimum atomic E-state index is -1.15. The maximum Gasteiger partial charge on any atom is 0.326 e. The Hall–Kier alpha value is -1.96. The van der Waals surface area contributed by atoms with Crippen LogP contribution in [0.4, 0.5) is 5.00 Å². The van der Waals surface area contributed by atoms with Gasteiger partial charge in [0.05, 0.1) is 9.80 Å². The van der Waals surface area contributed by atoms with Gasteiger partial charge in [0.2, 0.25) is 0 Å². The van der Waals surface area contributed by atoms with Crippen molar-refractivity contribution in [1.29, 1.82) is 0 Å². The van der Waals surface area contributed by atoms with Crippen LogP contribution in [0.2, 0.25) is 0 Å². The first kappa shape index (κ1) is 15.1. The third kappa shape index (κ3) is 3.75. The summed E-state index contributed by atoms with van der Waals surface area (Å²) in [6, 6.07) is 1.45. The molecule has 1 atom stereocenters. The summed E-state index contributed by atoms with van der Waals surface area (Å²) < 4.78 is 0. The molecule has 0 saturated heterocycles. The number of rotatable bonds is 4. The molecule has 0 spiro atoms. The van der Waals surface area contributed by atoms with Crippen molar-refractivity contribution in [2.75, 3.05) is 0 Å². The zero-order valence-corrected chi connectivity index (χ0v) is 11.5. The minimum Gasteiger partial charge on any atom is -0.480 e. The monoisotopic (exact) mass is 286 g/mol. The Morgan fingerprint density at radius 3 is 2.37 bits per heavy atom. The van der Waals surface area contributed by atoms with Gasteiger partial charge in [-0.05, 0) is 11.5 Å². The van der Waals surface area contributed by atoms with Crippen molar-refractivity contribution in [1.82, 2.24) is 5.32 Å². The average molecular weight is 286 g/mol. The van der Waals surface area contributed by atoms with Crippen molar-refractivity contribution in [2.45, 2.75) is 26.8 Å². The number of hydrogen-bond donors (Lipinski definition) is 2. The number of nitro groups is 1. The van der Waals surface area contributed by atoms with Crippen molar-refractivity contribution in [3.63, 3.8) is 0 Å². The van der Waals surface area contributed by atoms with E-state index in [1.165, 1.54) is 12.1 Å². The van der Waals surface area contributed by atoms with E-state index in [-0.39, 0.29) is 9.88 Å². The second kappa shape index (κ2) is 5.35. The molecule has 0 aliphatic rings. The molecule has 0 aliphatic heterocycles. The maximum absolute atomic E-state index is 11.9. The Bertz CT molecular complexity index is 517. The van der Waals surface area contributed by atoms with E-state index in [4.69, 9.17) is 5.11 Å². The van der Waals surface area contributed by atoms with Crippen LogP contribution in [-0.2, 0) is 4.79 Å². The minimum absolute atomic E-state index is 0.113. The van der Waals surface area contributed by atoms with Crippen LogP contribution in [0.1, 0.15) is 30.4 Å². The van der Waals surface area contributed by atoms with Gasteiger partial charge in [0.1, 0.15) is 6.04 Å². The number of nitrogens with one attached hydrogen (secondary N) is 1. The molecule has 1 aromatic heterocycles. The number of aliphatic carboxylic acids is 1. The number of carboxylic acid groups (broad SMARTS) is 1. The average Bonchev–Trinajstić information content (AvgIpc) is 2.72. The van der Waals surface area contributed by atoms with Gasteiger partial charge in [-0.25, -0.2) is 4.79 Å². The van der Waals surface area contributed by atoms with Crippen LogP contribution in [0.25, 0.3) is 0 Å². The fraction of sp³-hybridized carbons (Fsp3) is 0.455. The van der Waals surface area contributed by atoms with Gasteiger partial charge < -0.3 is 10.4 Å². The second-order valence-corrected chi connectivity index (χ2v) is 6.07. The normalized spacial score (nSPS) is 12.8. The van der Waals surface area contributed by atoms with Crippen molar-refractivity contribution in [3.05, 3.63) is 27.1 Å². The Balaban J connectivity index is 2.88. The lowest BCUT2D eigenvalue weighted by molar-refractivity contribution is -0.380. The predicted molar refractivity (Wildman–Crippen MR) is 69.3 cm³/mol. The number of amides is 1. The smallest absolute Gasteiger partial charge is 0.326 e. The molecule has 0 radical (unpaired) electrons. The lowest BCUT2D eigenvalue weighted by atomic mass is 9.87. The van der Waals surface area contributed by atoms with E-state index in [1.54, 1.807) is 20.8 Å². The molecule has 104 valence electrons. The van der Waals surface area contributed by atoms with Crippen LogP contribution in [0.5, 0.6) is 0 Å². The van der Waals surface area contributed by atoms with Gasteiger partial charge in [0.25, 0.3) is 5.91 Å². The van der Waals surface area contributed by atoms with Crippen LogP contribution in [0.3, 0.4) is 0 Å². The van der Waals surface area contributed by atoms with Crippen LogP contribution >= 0.6 is 11.3 Å². The van der Waals surface area contributed by atoms with Crippen LogP contribution in [-0.4, -0.2) is 27.9 Å². The molecule has 19 heavy (non-hydrogen) atoms. The third-order valence-electron chi connectivity index (χ3n) is 2.38. The number of hydrogen-bond acceptors (Lipinski definition) is 5. The Morgan fingerprint density at radius 1 is 1.42 bits per heavy atom. The topological polar surface area (TPSA) is 110 Å². The molecule has 0 aromatic carbocycles. The summed E-state index contributed by atoms with van der Waals surface area (Å²) in [5.41, 5.74) is -0.662. The lowest BCUT2D eigenvalue weighted by Gasteiger charge is -2.27. The van der Waals surface area contributed by atoms with Gasteiger partial charge >= 0.3 is 11.0 Å². The van der Waals surface area contributed by atoms with E-state index in [2.05, 4.69) is 5.32 Å². The van der Waals surface area contributed by atoms with E-state index >= 15 is 0 Å². The molecule has 2 N–H and O–H groups in total. The summed E-state index contributed by atoms with van der Waals surface area (Å²) in [5, 5.41) is 21.8. The first-order valence-electron chi connectivity index (χ1n) is 5.41. The SMILES string of the molecule is CC(C)(C)[C@@H](NC(=O)c1ccc([N+](=O)[O-])s1)C(=O)O. The van der Waals surface area contributed by atoms with Gasteiger partial charge in [-0.3, -0.25) is 14.9 Å². The third-order valence-corrected chi connectivity index (χ3v) is 3.42. The van der Waals surface area contributed by atoms with Gasteiger partial charge in [0, 0.05) is 6.07 Å². The van der Waals surface area contributed by atoms with Crippen molar-refractivity contribution in [3.8, 4) is 0 Å². The highest BCUT2D eigenvalue weighted by atomic mass is 32.1. The molecule has 0 unspecified atom stereocenters. The van der Waals surface area contributed by atoms with Gasteiger partial charge in [0.15, 0.2) is 0 Å². The Kier molecular flexibility index (Phi) is 4.25. The number of carbonyl (C=O) groups excluding carboxylic acids is 1. The Labute approximate surface area is 113 Å². The lowest BCUT2D eigenvalue weighted by Crippen LogP contribution is -2.48. The molecule has 7 nitrogen and oxygen atoms in total. The number of carboxylic acids is 1. The highest BCUT2D eigenvalue weighted by Crippen LogP contribution is 2.25. The standard InChI is InChI=1S/C11H14N2O5S/c1-11(2,3)8(10(15)16)12-9(14)6-4-5-7(19-6)13(17)18/h4-5,8H,1-3H3,(H,12,14)(H,15,16)/t8-/m0/s1. The van der Waals surface area contributed by atoms with E-state index in [0.717, 1.165) is 0 Å². The zero-order chi connectivity index (χ0) is 14.8.